The first-order valence-corrected chi connectivity index (χ1v) is 13.9. The van der Waals surface area contributed by atoms with E-state index in [1.807, 2.05) is 42.5 Å². The monoisotopic (exact) mass is 494 g/mol. The fourth-order valence-electron chi connectivity index (χ4n) is 5.94. The van der Waals surface area contributed by atoms with Crippen molar-refractivity contribution in [2.75, 3.05) is 38.5 Å². The van der Waals surface area contributed by atoms with E-state index in [1.54, 1.807) is 12.1 Å². The minimum absolute atomic E-state index is 0.134. The molecule has 1 saturated heterocycles. The van der Waals surface area contributed by atoms with Gasteiger partial charge in [-0.25, -0.2) is 9.18 Å². The number of nitrogens with one attached hydrogen (secondary N) is 2. The molecule has 2 aliphatic rings. The van der Waals surface area contributed by atoms with Gasteiger partial charge in [-0.3, -0.25) is 4.90 Å². The van der Waals surface area contributed by atoms with Crippen LogP contribution < -0.4 is 10.6 Å². The van der Waals surface area contributed by atoms with Crippen LogP contribution in [0.3, 0.4) is 0 Å². The Morgan fingerprint density at radius 1 is 1.03 bits per heavy atom. The van der Waals surface area contributed by atoms with Gasteiger partial charge in [0.2, 0.25) is 0 Å². The Hall–Kier alpha value is -2.44. The summed E-state index contributed by atoms with van der Waals surface area (Å²) in [6, 6.07) is 17.3. The summed E-state index contributed by atoms with van der Waals surface area (Å²) in [7, 11) is 2.24. The maximum atomic E-state index is 13.3. The molecular formula is C30H43FN4O. The van der Waals surface area contributed by atoms with Crippen LogP contribution in [0.5, 0.6) is 0 Å². The van der Waals surface area contributed by atoms with Gasteiger partial charge < -0.3 is 15.5 Å². The van der Waals surface area contributed by atoms with E-state index in [4.69, 9.17) is 0 Å². The summed E-state index contributed by atoms with van der Waals surface area (Å²) in [5, 5.41) is 6.11. The van der Waals surface area contributed by atoms with Crippen LogP contribution in [0.15, 0.2) is 54.6 Å². The van der Waals surface area contributed by atoms with Crippen LogP contribution in [-0.2, 0) is 6.42 Å². The lowest BCUT2D eigenvalue weighted by atomic mass is 9.84. The smallest absolute Gasteiger partial charge is 0.319 e. The molecule has 6 heteroatoms. The Morgan fingerprint density at radius 3 is 2.53 bits per heavy atom. The second-order valence-electron chi connectivity index (χ2n) is 10.7. The number of hydrogen-bond acceptors (Lipinski definition) is 3. The SMILES string of the molecule is CN(C[C@H]1CCCN1CCc1ccc(F)cc1)[C@@H](CNC(=O)Nc1ccccc1)CC1CCCCC1. The number of urea groups is 1. The second-order valence-corrected chi connectivity index (χ2v) is 10.7. The predicted molar refractivity (Wildman–Crippen MR) is 146 cm³/mol. The summed E-state index contributed by atoms with van der Waals surface area (Å²) >= 11 is 0. The standard InChI is InChI=1S/C30H43FN4O/c1-34(23-28-13-8-19-35(28)20-18-24-14-16-26(31)17-15-24)29(21-25-9-4-2-5-10-25)22-32-30(36)33-27-11-6-3-7-12-27/h3,6-7,11-12,14-17,25,28-29H,2,4-5,8-10,13,18-23H2,1H3,(H2,32,33,36)/t28-,29-/m1/s1. The number of carbonyl (C=O) groups is 1. The highest BCUT2D eigenvalue weighted by molar-refractivity contribution is 5.89. The zero-order valence-corrected chi connectivity index (χ0v) is 21.8. The molecule has 1 heterocycles. The number of hydrogen-bond donors (Lipinski definition) is 2. The van der Waals surface area contributed by atoms with E-state index >= 15 is 0 Å². The van der Waals surface area contributed by atoms with Crippen LogP contribution in [0, 0.1) is 11.7 Å². The molecule has 0 spiro atoms. The molecular weight excluding hydrogens is 451 g/mol. The molecule has 1 aliphatic heterocycles. The fraction of sp³-hybridized carbons (Fsp3) is 0.567. The van der Waals surface area contributed by atoms with Crippen molar-refractivity contribution < 1.29 is 9.18 Å². The van der Waals surface area contributed by atoms with E-state index in [0.717, 1.165) is 44.1 Å². The molecule has 1 aliphatic carbocycles. The summed E-state index contributed by atoms with van der Waals surface area (Å²) in [5.41, 5.74) is 2.01. The van der Waals surface area contributed by atoms with Crippen molar-refractivity contribution >= 4 is 11.7 Å². The van der Waals surface area contributed by atoms with Crippen LogP contribution >= 0.6 is 0 Å². The predicted octanol–water partition coefficient (Wildman–Crippen LogP) is 5.93. The number of amides is 2. The highest BCUT2D eigenvalue weighted by Crippen LogP contribution is 2.29. The maximum absolute atomic E-state index is 13.3. The summed E-state index contributed by atoms with van der Waals surface area (Å²) in [6.07, 6.45) is 11.2. The Morgan fingerprint density at radius 2 is 1.78 bits per heavy atom. The van der Waals surface area contributed by atoms with Gasteiger partial charge in [-0.2, -0.15) is 0 Å². The van der Waals surface area contributed by atoms with E-state index < -0.39 is 0 Å². The number of para-hydroxylation sites is 1. The number of carbonyl (C=O) groups excluding carboxylic acids is 1. The average molecular weight is 495 g/mol. The lowest BCUT2D eigenvalue weighted by Gasteiger charge is -2.36. The van der Waals surface area contributed by atoms with Gasteiger partial charge in [0.05, 0.1) is 0 Å². The number of anilines is 1. The zero-order chi connectivity index (χ0) is 25.2. The minimum atomic E-state index is -0.172. The fourth-order valence-corrected chi connectivity index (χ4v) is 5.94. The molecule has 4 rings (SSSR count). The van der Waals surface area contributed by atoms with E-state index in [-0.39, 0.29) is 11.8 Å². The third kappa shape index (κ3) is 8.31. The van der Waals surface area contributed by atoms with Gasteiger partial charge in [0.1, 0.15) is 5.82 Å². The van der Waals surface area contributed by atoms with Crippen molar-refractivity contribution in [2.45, 2.75) is 69.9 Å². The first-order valence-electron chi connectivity index (χ1n) is 13.9. The van der Waals surface area contributed by atoms with Crippen LogP contribution in [0.4, 0.5) is 14.9 Å². The van der Waals surface area contributed by atoms with Gasteiger partial charge in [-0.1, -0.05) is 62.4 Å². The van der Waals surface area contributed by atoms with Crippen LogP contribution in [0.25, 0.3) is 0 Å². The van der Waals surface area contributed by atoms with Crippen molar-refractivity contribution in [3.05, 3.63) is 66.0 Å². The molecule has 2 N–H and O–H groups in total. The van der Waals surface area contributed by atoms with Gasteiger partial charge >= 0.3 is 6.03 Å². The number of benzene rings is 2. The van der Waals surface area contributed by atoms with Gasteiger partial charge in [0, 0.05) is 37.4 Å². The highest BCUT2D eigenvalue weighted by Gasteiger charge is 2.29. The van der Waals surface area contributed by atoms with Gasteiger partial charge in [-0.15, -0.1) is 0 Å². The molecule has 0 aromatic heterocycles. The molecule has 196 valence electrons. The Balaban J connectivity index is 1.31. The highest BCUT2D eigenvalue weighted by atomic mass is 19.1. The summed E-state index contributed by atoms with van der Waals surface area (Å²) in [6.45, 7) is 3.82. The van der Waals surface area contributed by atoms with E-state index in [0.29, 0.717) is 18.6 Å². The number of likely N-dealkylation sites (N-methyl/N-ethyl adjacent to an activating group) is 1. The van der Waals surface area contributed by atoms with Gasteiger partial charge in [0.25, 0.3) is 0 Å². The van der Waals surface area contributed by atoms with Crippen molar-refractivity contribution in [1.82, 2.24) is 15.1 Å². The second kappa shape index (κ2) is 13.8. The zero-order valence-electron chi connectivity index (χ0n) is 21.8. The molecule has 2 atom stereocenters. The molecule has 0 radical (unpaired) electrons. The molecule has 2 fully saturated rings. The topological polar surface area (TPSA) is 47.6 Å². The molecule has 1 saturated carbocycles. The van der Waals surface area contributed by atoms with Crippen molar-refractivity contribution in [2.24, 2.45) is 5.92 Å². The van der Waals surface area contributed by atoms with Crippen molar-refractivity contribution in [1.29, 1.82) is 0 Å². The number of likely N-dealkylation sites (tertiary alicyclic amines) is 1. The lowest BCUT2D eigenvalue weighted by molar-refractivity contribution is 0.136. The molecule has 0 unspecified atom stereocenters. The van der Waals surface area contributed by atoms with E-state index in [2.05, 4.69) is 27.5 Å². The third-order valence-electron chi connectivity index (χ3n) is 8.08. The summed E-state index contributed by atoms with van der Waals surface area (Å²) in [4.78, 5) is 17.7. The first kappa shape index (κ1) is 26.6. The van der Waals surface area contributed by atoms with Crippen molar-refractivity contribution in [3.63, 3.8) is 0 Å². The number of nitrogens with zero attached hydrogens (tertiary/aromatic N) is 2. The quantitative estimate of drug-likeness (QED) is 0.407. The van der Waals surface area contributed by atoms with Crippen molar-refractivity contribution in [3.8, 4) is 0 Å². The summed E-state index contributed by atoms with van der Waals surface area (Å²) in [5.74, 6) is 0.581. The van der Waals surface area contributed by atoms with Crippen LogP contribution in [0.2, 0.25) is 0 Å². The Labute approximate surface area is 216 Å². The van der Waals surface area contributed by atoms with Crippen LogP contribution in [0.1, 0.15) is 56.9 Å². The number of halogens is 1. The lowest BCUT2D eigenvalue weighted by Crippen LogP contribution is -2.48. The Kier molecular flexibility index (Phi) is 10.2. The molecule has 5 nitrogen and oxygen atoms in total. The third-order valence-corrected chi connectivity index (χ3v) is 8.08. The first-order chi connectivity index (χ1) is 17.6. The van der Waals surface area contributed by atoms with Gasteiger partial charge in [-0.05, 0) is 75.0 Å². The van der Waals surface area contributed by atoms with Crippen LogP contribution in [-0.4, -0.2) is 61.1 Å². The van der Waals surface area contributed by atoms with Gasteiger partial charge in [0.15, 0.2) is 0 Å². The molecule has 2 aromatic carbocycles. The average Bonchev–Trinajstić information content (AvgIpc) is 3.34. The maximum Gasteiger partial charge on any atom is 0.319 e. The van der Waals surface area contributed by atoms with E-state index in [1.165, 1.54) is 50.5 Å². The van der Waals surface area contributed by atoms with E-state index in [9.17, 15) is 9.18 Å². The molecule has 2 aromatic rings. The minimum Gasteiger partial charge on any atom is -0.336 e. The largest absolute Gasteiger partial charge is 0.336 e. The Bertz CT molecular complexity index is 916. The summed E-state index contributed by atoms with van der Waals surface area (Å²) < 4.78 is 13.3. The molecule has 0 bridgehead atoms. The number of rotatable bonds is 11. The normalized spacial score (nSPS) is 19.9. The molecule has 2 amide bonds. The molecule has 36 heavy (non-hydrogen) atoms.